The van der Waals surface area contributed by atoms with Gasteiger partial charge in [-0.1, -0.05) is 11.6 Å². The van der Waals surface area contributed by atoms with Crippen LogP contribution in [0.3, 0.4) is 0 Å². The van der Waals surface area contributed by atoms with Crippen LogP contribution in [-0.4, -0.2) is 21.8 Å². The second-order valence-corrected chi connectivity index (χ2v) is 6.52. The van der Waals surface area contributed by atoms with E-state index in [1.807, 2.05) is 0 Å². The average molecular weight is 316 g/mol. The molecule has 108 valence electrons. The van der Waals surface area contributed by atoms with E-state index in [1.54, 1.807) is 6.07 Å². The number of nitro benzene ring substituents is 1. The molecular weight excluding hydrogens is 302 g/mol. The van der Waals surface area contributed by atoms with E-state index in [-0.39, 0.29) is 17.5 Å². The summed E-state index contributed by atoms with van der Waals surface area (Å²) in [6.45, 7) is 0. The molecule has 1 aromatic carbocycles. The van der Waals surface area contributed by atoms with E-state index in [4.69, 9.17) is 16.7 Å². The van der Waals surface area contributed by atoms with Crippen LogP contribution in [0.4, 0.5) is 5.69 Å². The Morgan fingerprint density at radius 3 is 2.75 bits per heavy atom. The highest BCUT2D eigenvalue weighted by atomic mass is 35.5. The lowest BCUT2D eigenvalue weighted by atomic mass is 10.1. The lowest BCUT2D eigenvalue weighted by molar-refractivity contribution is -0.385. The van der Waals surface area contributed by atoms with Crippen LogP contribution in [0.15, 0.2) is 18.2 Å². The van der Waals surface area contributed by atoms with Gasteiger partial charge in [-0.15, -0.1) is 0 Å². The Labute approximate surface area is 125 Å². The normalized spacial score (nSPS) is 15.8. The first-order valence-electron chi connectivity index (χ1n) is 6.14. The van der Waals surface area contributed by atoms with Crippen molar-refractivity contribution >= 4 is 35.0 Å². The second kappa shape index (κ2) is 6.01. The molecule has 0 radical (unpaired) electrons. The Morgan fingerprint density at radius 1 is 1.50 bits per heavy atom. The molecule has 0 atom stereocenters. The summed E-state index contributed by atoms with van der Waals surface area (Å²) in [6, 6.07) is 4.51. The third-order valence-corrected chi connectivity index (χ3v) is 4.95. The van der Waals surface area contributed by atoms with E-state index in [9.17, 15) is 14.9 Å². The maximum Gasteiger partial charge on any atom is 0.303 e. The van der Waals surface area contributed by atoms with Crippen LogP contribution in [-0.2, 0) is 10.5 Å². The van der Waals surface area contributed by atoms with Crippen molar-refractivity contribution in [1.82, 2.24) is 0 Å². The van der Waals surface area contributed by atoms with Crippen molar-refractivity contribution in [2.24, 2.45) is 5.41 Å². The Bertz CT molecular complexity index is 545. The summed E-state index contributed by atoms with van der Waals surface area (Å²) in [6.07, 6.45) is 2.02. The summed E-state index contributed by atoms with van der Waals surface area (Å²) in [5.41, 5.74) is 0.535. The van der Waals surface area contributed by atoms with Crippen molar-refractivity contribution in [1.29, 1.82) is 0 Å². The van der Waals surface area contributed by atoms with Gasteiger partial charge in [0.2, 0.25) is 0 Å². The smallest absolute Gasteiger partial charge is 0.303 e. The van der Waals surface area contributed by atoms with Crippen molar-refractivity contribution < 1.29 is 14.8 Å². The second-order valence-electron chi connectivity index (χ2n) is 5.09. The maximum absolute atomic E-state index is 10.9. The molecule has 0 aromatic heterocycles. The van der Waals surface area contributed by atoms with E-state index < -0.39 is 10.9 Å². The first-order valence-corrected chi connectivity index (χ1v) is 7.67. The fourth-order valence-corrected chi connectivity index (χ4v) is 3.67. The number of hydrogen-bond donors (Lipinski definition) is 1. The van der Waals surface area contributed by atoms with Gasteiger partial charge < -0.3 is 5.11 Å². The quantitative estimate of drug-likeness (QED) is 0.612. The monoisotopic (exact) mass is 315 g/mol. The molecule has 1 aliphatic rings. The summed E-state index contributed by atoms with van der Waals surface area (Å²) >= 11 is 7.39. The topological polar surface area (TPSA) is 80.4 Å². The predicted molar refractivity (Wildman–Crippen MR) is 78.2 cm³/mol. The van der Waals surface area contributed by atoms with Gasteiger partial charge in [0.05, 0.1) is 11.3 Å². The molecule has 1 N–H and O–H groups in total. The number of aliphatic carboxylic acids is 1. The number of nitro groups is 1. The Hall–Kier alpha value is -1.27. The molecule has 0 spiro atoms. The highest BCUT2D eigenvalue weighted by Gasteiger charge is 2.44. The first kappa shape index (κ1) is 15.1. The molecule has 20 heavy (non-hydrogen) atoms. The molecule has 0 aliphatic heterocycles. The van der Waals surface area contributed by atoms with Crippen LogP contribution in [0.5, 0.6) is 0 Å². The van der Waals surface area contributed by atoms with Gasteiger partial charge in [0, 0.05) is 22.4 Å². The molecule has 0 heterocycles. The average Bonchev–Trinajstić information content (AvgIpc) is 3.07. The van der Waals surface area contributed by atoms with Crippen LogP contribution in [0, 0.1) is 15.5 Å². The van der Waals surface area contributed by atoms with Crippen molar-refractivity contribution in [2.45, 2.75) is 25.0 Å². The molecule has 7 heteroatoms. The van der Waals surface area contributed by atoms with Gasteiger partial charge in [0.15, 0.2) is 0 Å². The van der Waals surface area contributed by atoms with Crippen molar-refractivity contribution in [3.63, 3.8) is 0 Å². The summed E-state index contributed by atoms with van der Waals surface area (Å²) in [5.74, 6) is 0.401. The number of thioether (sulfide) groups is 1. The zero-order valence-corrected chi connectivity index (χ0v) is 12.2. The molecule has 0 unspecified atom stereocenters. The molecule has 0 saturated heterocycles. The summed E-state index contributed by atoms with van der Waals surface area (Å²) < 4.78 is 0. The third kappa shape index (κ3) is 3.86. The minimum absolute atomic E-state index is 0.0602. The van der Waals surface area contributed by atoms with Gasteiger partial charge in [-0.3, -0.25) is 14.9 Å². The minimum Gasteiger partial charge on any atom is -0.481 e. The number of halogens is 1. The van der Waals surface area contributed by atoms with Gasteiger partial charge in [0.25, 0.3) is 5.69 Å². The Balaban J connectivity index is 1.96. The minimum atomic E-state index is -0.781. The largest absolute Gasteiger partial charge is 0.481 e. The molecule has 5 nitrogen and oxygen atoms in total. The lowest BCUT2D eigenvalue weighted by Crippen LogP contribution is -2.11. The summed E-state index contributed by atoms with van der Waals surface area (Å²) in [5, 5.41) is 20.2. The zero-order chi connectivity index (χ0) is 14.8. The standard InChI is InChI=1S/C13H14ClNO4S/c14-10-1-2-11(15(18)19)9(5-10)7-20-8-13(3-4-13)6-12(16)17/h1-2,5H,3-4,6-8H2,(H,16,17). The summed E-state index contributed by atoms with van der Waals surface area (Å²) in [4.78, 5) is 21.3. The van der Waals surface area contributed by atoms with Crippen LogP contribution < -0.4 is 0 Å². The number of carboxylic acids is 1. The molecule has 0 amide bonds. The highest BCUT2D eigenvalue weighted by molar-refractivity contribution is 7.98. The van der Waals surface area contributed by atoms with Crippen LogP contribution in [0.25, 0.3) is 0 Å². The predicted octanol–water partition coefficient (Wildman–Crippen LogP) is 3.74. The SMILES string of the molecule is O=C(O)CC1(CSCc2cc(Cl)ccc2[N+](=O)[O-])CC1. The molecule has 2 rings (SSSR count). The van der Waals surface area contributed by atoms with Gasteiger partial charge in [-0.05, 0) is 36.1 Å². The van der Waals surface area contributed by atoms with Crippen molar-refractivity contribution in [2.75, 3.05) is 5.75 Å². The van der Waals surface area contributed by atoms with Gasteiger partial charge >= 0.3 is 5.97 Å². The zero-order valence-electron chi connectivity index (χ0n) is 10.7. The van der Waals surface area contributed by atoms with Crippen LogP contribution in [0.1, 0.15) is 24.8 Å². The molecule has 1 aliphatic carbocycles. The highest BCUT2D eigenvalue weighted by Crippen LogP contribution is 2.51. The molecule has 1 aromatic rings. The van der Waals surface area contributed by atoms with Gasteiger partial charge in [-0.2, -0.15) is 11.8 Å². The third-order valence-electron chi connectivity index (χ3n) is 3.39. The number of carbonyl (C=O) groups is 1. The number of nitrogens with zero attached hydrogens (tertiary/aromatic N) is 1. The van der Waals surface area contributed by atoms with E-state index >= 15 is 0 Å². The molecule has 1 fully saturated rings. The first-order chi connectivity index (χ1) is 9.42. The number of benzene rings is 1. The fraction of sp³-hybridized carbons (Fsp3) is 0.462. The fourth-order valence-electron chi connectivity index (χ4n) is 2.10. The van der Waals surface area contributed by atoms with Crippen LogP contribution in [0.2, 0.25) is 5.02 Å². The van der Waals surface area contributed by atoms with Crippen molar-refractivity contribution in [3.05, 3.63) is 38.9 Å². The number of rotatable bonds is 7. The molecule has 0 bridgehead atoms. The van der Waals surface area contributed by atoms with Crippen molar-refractivity contribution in [3.8, 4) is 0 Å². The Kier molecular flexibility index (Phi) is 4.55. The molecule has 1 saturated carbocycles. The number of hydrogen-bond acceptors (Lipinski definition) is 4. The molecular formula is C13H14ClNO4S. The Morgan fingerprint density at radius 2 is 2.20 bits per heavy atom. The van der Waals surface area contributed by atoms with E-state index in [0.29, 0.717) is 22.1 Å². The van der Waals surface area contributed by atoms with Gasteiger partial charge in [0.1, 0.15) is 0 Å². The maximum atomic E-state index is 10.9. The summed E-state index contributed by atoms with van der Waals surface area (Å²) in [7, 11) is 0. The lowest BCUT2D eigenvalue weighted by Gasteiger charge is -2.11. The van der Waals surface area contributed by atoms with E-state index in [0.717, 1.165) is 12.8 Å². The van der Waals surface area contributed by atoms with E-state index in [2.05, 4.69) is 0 Å². The van der Waals surface area contributed by atoms with Gasteiger partial charge in [-0.25, -0.2) is 0 Å². The number of carboxylic acid groups (broad SMARTS) is 1. The van der Waals surface area contributed by atoms with Crippen LogP contribution >= 0.6 is 23.4 Å². The van der Waals surface area contributed by atoms with E-state index in [1.165, 1.54) is 23.9 Å².